The average molecular weight is 456 g/mol. The number of anilines is 1. The van der Waals surface area contributed by atoms with Crippen molar-refractivity contribution in [1.82, 2.24) is 19.7 Å². The number of rotatable bonds is 7. The highest BCUT2D eigenvalue weighted by Gasteiger charge is 2.51. The number of nitrogen functional groups attached to an aromatic ring is 1. The summed E-state index contributed by atoms with van der Waals surface area (Å²) in [5, 5.41) is 4.60. The van der Waals surface area contributed by atoms with Crippen LogP contribution in [0.15, 0.2) is 42.6 Å². The van der Waals surface area contributed by atoms with Crippen LogP contribution in [0.25, 0.3) is 0 Å². The molecule has 34 heavy (non-hydrogen) atoms. The molecule has 2 aromatic heterocycles. The molecule has 1 aliphatic heterocycles. The molecule has 0 bridgehead atoms. The number of pyridine rings is 1. The van der Waals surface area contributed by atoms with Gasteiger partial charge in [-0.15, -0.1) is 0 Å². The molecule has 174 valence electrons. The first-order valence-electron chi connectivity index (χ1n) is 12.1. The highest BCUT2D eigenvalue weighted by atomic mass is 16.2. The first-order valence-corrected chi connectivity index (χ1v) is 12.1. The lowest BCUT2D eigenvalue weighted by Crippen LogP contribution is -2.27. The van der Waals surface area contributed by atoms with Crippen LogP contribution in [-0.4, -0.2) is 37.9 Å². The number of fused-ring (bicyclic) bond motifs is 2. The fraction of sp³-hybridized carbons (Fsp3) is 0.407. The van der Waals surface area contributed by atoms with Gasteiger partial charge in [0.2, 0.25) is 5.91 Å². The Morgan fingerprint density at radius 1 is 1.12 bits per heavy atom. The second-order valence-corrected chi connectivity index (χ2v) is 10.1. The highest BCUT2D eigenvalue weighted by molar-refractivity contribution is 5.97. The van der Waals surface area contributed by atoms with Crippen LogP contribution in [-0.2, 0) is 24.3 Å². The van der Waals surface area contributed by atoms with E-state index in [0.717, 1.165) is 53.9 Å². The number of likely N-dealkylation sites (tertiary alicyclic amines) is 1. The SMILES string of the molecule is Cc1nn(Cc2ccc(CN3CC4CC4C3=O)cc2)cc1C(=O)CC1CCc2nc(N)ccc21. The minimum atomic E-state index is 0.127. The van der Waals surface area contributed by atoms with Crippen LogP contribution >= 0.6 is 0 Å². The van der Waals surface area contributed by atoms with Gasteiger partial charge >= 0.3 is 0 Å². The quantitative estimate of drug-likeness (QED) is 0.551. The van der Waals surface area contributed by atoms with Gasteiger partial charge in [0, 0.05) is 37.3 Å². The topological polar surface area (TPSA) is 94.1 Å². The van der Waals surface area contributed by atoms with Gasteiger partial charge in [-0.05, 0) is 60.8 Å². The van der Waals surface area contributed by atoms with Crippen LogP contribution in [0.4, 0.5) is 5.82 Å². The maximum Gasteiger partial charge on any atom is 0.226 e. The van der Waals surface area contributed by atoms with Gasteiger partial charge in [0.05, 0.1) is 17.8 Å². The van der Waals surface area contributed by atoms with Crippen LogP contribution in [0.3, 0.4) is 0 Å². The van der Waals surface area contributed by atoms with Crippen molar-refractivity contribution in [2.75, 3.05) is 12.3 Å². The van der Waals surface area contributed by atoms with Crippen molar-refractivity contribution in [1.29, 1.82) is 0 Å². The Labute approximate surface area is 199 Å². The lowest BCUT2D eigenvalue weighted by Gasteiger charge is -2.18. The summed E-state index contributed by atoms with van der Waals surface area (Å²) >= 11 is 0. The van der Waals surface area contributed by atoms with Gasteiger partial charge in [-0.25, -0.2) is 4.98 Å². The normalized spacial score (nSPS) is 22.7. The molecule has 1 aromatic carbocycles. The molecule has 1 saturated heterocycles. The van der Waals surface area contributed by atoms with Crippen molar-refractivity contribution >= 4 is 17.5 Å². The number of piperidine rings is 1. The van der Waals surface area contributed by atoms with Gasteiger partial charge in [-0.3, -0.25) is 14.3 Å². The van der Waals surface area contributed by atoms with Gasteiger partial charge in [0.15, 0.2) is 5.78 Å². The molecule has 2 N–H and O–H groups in total. The summed E-state index contributed by atoms with van der Waals surface area (Å²) in [6.07, 6.45) is 5.23. The molecule has 1 saturated carbocycles. The fourth-order valence-corrected chi connectivity index (χ4v) is 5.65. The zero-order valence-electron chi connectivity index (χ0n) is 19.4. The minimum Gasteiger partial charge on any atom is -0.384 e. The zero-order valence-corrected chi connectivity index (χ0v) is 19.4. The standard InChI is InChI=1S/C27H29N5O2/c1-16-23(25(33)11-19-6-8-24-21(19)7-9-26(28)29-24)15-32(30-16)13-18-4-2-17(3-5-18)12-31-14-20-10-22(20)27(31)34/h2-5,7,9,15,19-20,22H,6,8,10-14H2,1H3,(H2,28,29). The number of amides is 1. The number of ketones is 1. The summed E-state index contributed by atoms with van der Waals surface area (Å²) in [4.78, 5) is 31.7. The van der Waals surface area contributed by atoms with E-state index in [1.54, 1.807) is 0 Å². The summed E-state index contributed by atoms with van der Waals surface area (Å²) < 4.78 is 1.85. The summed E-state index contributed by atoms with van der Waals surface area (Å²) in [5.74, 6) is 2.08. The third-order valence-electron chi connectivity index (χ3n) is 7.63. The molecule has 3 aromatic rings. The molecule has 3 atom stereocenters. The molecule has 3 aliphatic rings. The third kappa shape index (κ3) is 3.89. The Kier molecular flexibility index (Phi) is 5.01. The Bertz CT molecular complexity index is 1280. The Morgan fingerprint density at radius 3 is 2.62 bits per heavy atom. The van der Waals surface area contributed by atoms with Crippen LogP contribution in [0.2, 0.25) is 0 Å². The van der Waals surface area contributed by atoms with Crippen LogP contribution in [0.5, 0.6) is 0 Å². The Morgan fingerprint density at radius 2 is 1.88 bits per heavy atom. The van der Waals surface area contributed by atoms with E-state index >= 15 is 0 Å². The molecule has 3 unspecified atom stereocenters. The van der Waals surface area contributed by atoms with E-state index in [9.17, 15) is 9.59 Å². The van der Waals surface area contributed by atoms with Crippen molar-refractivity contribution in [3.8, 4) is 0 Å². The number of benzene rings is 1. The second kappa shape index (κ2) is 8.08. The Hall–Kier alpha value is -3.48. The molecule has 3 heterocycles. The van der Waals surface area contributed by atoms with E-state index in [4.69, 9.17) is 5.73 Å². The molecule has 0 spiro atoms. The first kappa shape index (κ1) is 21.1. The molecule has 6 rings (SSSR count). The van der Waals surface area contributed by atoms with E-state index in [1.165, 1.54) is 0 Å². The predicted molar refractivity (Wildman–Crippen MR) is 128 cm³/mol. The maximum atomic E-state index is 13.1. The average Bonchev–Trinajstić information content (AvgIpc) is 3.18. The molecular formula is C27H29N5O2. The molecule has 7 nitrogen and oxygen atoms in total. The number of nitrogens with zero attached hydrogens (tertiary/aromatic N) is 4. The lowest BCUT2D eigenvalue weighted by atomic mass is 9.94. The number of carbonyl (C=O) groups excluding carboxylic acids is 2. The third-order valence-corrected chi connectivity index (χ3v) is 7.63. The summed E-state index contributed by atoms with van der Waals surface area (Å²) in [6, 6.07) is 12.2. The van der Waals surface area contributed by atoms with Crippen molar-refractivity contribution in [3.05, 3.63) is 76.2 Å². The Balaban J connectivity index is 1.09. The highest BCUT2D eigenvalue weighted by Crippen LogP contribution is 2.46. The lowest BCUT2D eigenvalue weighted by molar-refractivity contribution is -0.130. The molecule has 2 aliphatic carbocycles. The van der Waals surface area contributed by atoms with Gasteiger partial charge in [0.1, 0.15) is 5.82 Å². The number of hydrogen-bond acceptors (Lipinski definition) is 5. The van der Waals surface area contributed by atoms with Gasteiger partial charge in [-0.1, -0.05) is 30.3 Å². The van der Waals surface area contributed by atoms with Gasteiger partial charge in [-0.2, -0.15) is 5.10 Å². The number of aryl methyl sites for hydroxylation is 2. The van der Waals surface area contributed by atoms with Gasteiger partial charge < -0.3 is 10.6 Å². The summed E-state index contributed by atoms with van der Waals surface area (Å²) in [6.45, 7) is 4.11. The smallest absolute Gasteiger partial charge is 0.226 e. The second-order valence-electron chi connectivity index (χ2n) is 10.1. The van der Waals surface area contributed by atoms with Crippen molar-refractivity contribution in [3.63, 3.8) is 0 Å². The monoisotopic (exact) mass is 455 g/mol. The van der Waals surface area contributed by atoms with E-state index in [0.29, 0.717) is 48.6 Å². The molecular weight excluding hydrogens is 426 g/mol. The van der Waals surface area contributed by atoms with E-state index < -0.39 is 0 Å². The zero-order chi connectivity index (χ0) is 23.4. The van der Waals surface area contributed by atoms with Crippen LogP contribution in [0, 0.1) is 18.8 Å². The molecule has 1 amide bonds. The predicted octanol–water partition coefficient (Wildman–Crippen LogP) is 3.50. The molecule has 2 fully saturated rings. The largest absolute Gasteiger partial charge is 0.384 e. The van der Waals surface area contributed by atoms with Crippen molar-refractivity contribution < 1.29 is 9.59 Å². The van der Waals surface area contributed by atoms with E-state index in [-0.39, 0.29) is 11.7 Å². The number of Topliss-reactive ketones (excluding diaryl/α,β-unsaturated/α-hetero) is 1. The van der Waals surface area contributed by atoms with Crippen molar-refractivity contribution in [2.45, 2.75) is 51.6 Å². The molecule has 7 heteroatoms. The molecule has 0 radical (unpaired) electrons. The number of aromatic nitrogens is 3. The number of nitrogens with two attached hydrogens (primary N) is 1. The van der Waals surface area contributed by atoms with E-state index in [1.807, 2.05) is 34.8 Å². The number of carbonyl (C=O) groups is 2. The van der Waals surface area contributed by atoms with E-state index in [2.05, 4.69) is 34.3 Å². The van der Waals surface area contributed by atoms with Crippen LogP contribution in [0.1, 0.15) is 63.6 Å². The van der Waals surface area contributed by atoms with Gasteiger partial charge in [0.25, 0.3) is 0 Å². The fourth-order valence-electron chi connectivity index (χ4n) is 5.65. The minimum absolute atomic E-state index is 0.127. The summed E-state index contributed by atoms with van der Waals surface area (Å²) in [7, 11) is 0. The van der Waals surface area contributed by atoms with Crippen molar-refractivity contribution in [2.24, 2.45) is 11.8 Å². The number of hydrogen-bond donors (Lipinski definition) is 1. The maximum absolute atomic E-state index is 13.1. The van der Waals surface area contributed by atoms with Crippen LogP contribution < -0.4 is 5.73 Å². The summed E-state index contributed by atoms with van der Waals surface area (Å²) in [5.41, 5.74) is 11.7. The first-order chi connectivity index (χ1) is 16.4.